The molecule has 3 N–H and O–H groups in total. The van der Waals surface area contributed by atoms with Crippen molar-refractivity contribution in [3.8, 4) is 0 Å². The highest BCUT2D eigenvalue weighted by molar-refractivity contribution is 5.82. The number of hydrogen-bond donors (Lipinski definition) is 2. The third kappa shape index (κ3) is 4.09. The Morgan fingerprint density at radius 1 is 1.29 bits per heavy atom. The van der Waals surface area contributed by atoms with Gasteiger partial charge in [0, 0.05) is 6.04 Å². The van der Waals surface area contributed by atoms with Crippen molar-refractivity contribution in [1.29, 1.82) is 0 Å². The monoisotopic (exact) mass is 200 g/mol. The normalized spacial score (nSPS) is 17.6. The van der Waals surface area contributed by atoms with Crippen LogP contribution in [0.1, 0.15) is 41.0 Å². The highest BCUT2D eigenvalue weighted by Gasteiger charge is 2.21. The Kier molecular flexibility index (Phi) is 5.77. The molecule has 0 heterocycles. The molecule has 0 aromatic carbocycles. The van der Waals surface area contributed by atoms with Crippen LogP contribution in [0.3, 0.4) is 0 Å². The van der Waals surface area contributed by atoms with Gasteiger partial charge >= 0.3 is 0 Å². The van der Waals surface area contributed by atoms with Gasteiger partial charge in [-0.3, -0.25) is 4.79 Å². The fourth-order valence-electron chi connectivity index (χ4n) is 1.000. The molecule has 3 nitrogen and oxygen atoms in total. The second-order valence-electron chi connectivity index (χ2n) is 4.45. The van der Waals surface area contributed by atoms with Crippen molar-refractivity contribution in [2.24, 2.45) is 17.6 Å². The first kappa shape index (κ1) is 13.4. The molecule has 0 aliphatic carbocycles. The largest absolute Gasteiger partial charge is 0.352 e. The summed E-state index contributed by atoms with van der Waals surface area (Å²) in [4.78, 5) is 11.6. The highest BCUT2D eigenvalue weighted by Crippen LogP contribution is 2.07. The Morgan fingerprint density at radius 2 is 1.79 bits per heavy atom. The van der Waals surface area contributed by atoms with Crippen LogP contribution in [0.5, 0.6) is 0 Å². The maximum atomic E-state index is 11.6. The van der Waals surface area contributed by atoms with Crippen molar-refractivity contribution < 1.29 is 4.79 Å². The van der Waals surface area contributed by atoms with Crippen molar-refractivity contribution in [2.45, 2.75) is 53.1 Å². The minimum Gasteiger partial charge on any atom is -0.352 e. The first-order chi connectivity index (χ1) is 6.40. The van der Waals surface area contributed by atoms with Crippen LogP contribution in [-0.4, -0.2) is 18.0 Å². The fourth-order valence-corrected chi connectivity index (χ4v) is 1.000. The summed E-state index contributed by atoms with van der Waals surface area (Å²) in [6.45, 7) is 10.2. The van der Waals surface area contributed by atoms with Gasteiger partial charge in [-0.05, 0) is 18.8 Å². The SMILES string of the molecule is CCC(C)C(N)C(=O)NC(C)C(C)C. The number of amides is 1. The van der Waals surface area contributed by atoms with Crippen molar-refractivity contribution in [3.05, 3.63) is 0 Å². The van der Waals surface area contributed by atoms with Gasteiger partial charge in [0.15, 0.2) is 0 Å². The Labute approximate surface area is 87.4 Å². The van der Waals surface area contributed by atoms with Crippen LogP contribution in [0.25, 0.3) is 0 Å². The van der Waals surface area contributed by atoms with Gasteiger partial charge in [-0.25, -0.2) is 0 Å². The summed E-state index contributed by atoms with van der Waals surface area (Å²) in [6, 6.07) is -0.182. The summed E-state index contributed by atoms with van der Waals surface area (Å²) in [7, 11) is 0. The van der Waals surface area contributed by atoms with Crippen molar-refractivity contribution in [2.75, 3.05) is 0 Å². The molecule has 3 heteroatoms. The Morgan fingerprint density at radius 3 is 2.14 bits per heavy atom. The van der Waals surface area contributed by atoms with Crippen LogP contribution < -0.4 is 11.1 Å². The molecule has 0 saturated heterocycles. The highest BCUT2D eigenvalue weighted by atomic mass is 16.2. The molecule has 0 rings (SSSR count). The zero-order valence-electron chi connectivity index (χ0n) is 10.0. The molecular formula is C11H24N2O. The zero-order chi connectivity index (χ0) is 11.3. The van der Waals surface area contributed by atoms with E-state index < -0.39 is 0 Å². The van der Waals surface area contributed by atoms with E-state index in [4.69, 9.17) is 5.73 Å². The van der Waals surface area contributed by atoms with Crippen LogP contribution in [0, 0.1) is 11.8 Å². The first-order valence-corrected chi connectivity index (χ1v) is 5.46. The van der Waals surface area contributed by atoms with Crippen LogP contribution in [0.4, 0.5) is 0 Å². The lowest BCUT2D eigenvalue weighted by Gasteiger charge is -2.23. The number of carbonyl (C=O) groups is 1. The topological polar surface area (TPSA) is 55.1 Å². The van der Waals surface area contributed by atoms with E-state index in [1.165, 1.54) is 0 Å². The van der Waals surface area contributed by atoms with Crippen molar-refractivity contribution in [3.63, 3.8) is 0 Å². The zero-order valence-corrected chi connectivity index (χ0v) is 10.0. The molecule has 3 unspecified atom stereocenters. The Bertz CT molecular complexity index is 180. The summed E-state index contributed by atoms with van der Waals surface area (Å²) in [5.41, 5.74) is 5.81. The predicted molar refractivity (Wildman–Crippen MR) is 59.9 cm³/mol. The van der Waals surface area contributed by atoms with E-state index in [0.717, 1.165) is 6.42 Å². The summed E-state index contributed by atoms with van der Waals surface area (Å²) >= 11 is 0. The van der Waals surface area contributed by atoms with Gasteiger partial charge in [0.1, 0.15) is 0 Å². The third-order valence-corrected chi connectivity index (χ3v) is 2.93. The molecule has 14 heavy (non-hydrogen) atoms. The second-order valence-corrected chi connectivity index (χ2v) is 4.45. The summed E-state index contributed by atoms with van der Waals surface area (Å²) in [6.07, 6.45) is 0.935. The van der Waals surface area contributed by atoms with Crippen molar-refractivity contribution in [1.82, 2.24) is 5.32 Å². The lowest BCUT2D eigenvalue weighted by molar-refractivity contribution is -0.124. The van der Waals surface area contributed by atoms with Gasteiger partial charge in [-0.1, -0.05) is 34.1 Å². The van der Waals surface area contributed by atoms with Gasteiger partial charge < -0.3 is 11.1 Å². The van der Waals surface area contributed by atoms with E-state index in [1.807, 2.05) is 20.8 Å². The first-order valence-electron chi connectivity index (χ1n) is 5.46. The molecule has 0 saturated carbocycles. The number of carbonyl (C=O) groups excluding carboxylic acids is 1. The smallest absolute Gasteiger partial charge is 0.237 e. The second kappa shape index (κ2) is 6.02. The number of rotatable bonds is 5. The minimum absolute atomic E-state index is 0.0273. The summed E-state index contributed by atoms with van der Waals surface area (Å²) in [5.74, 6) is 0.665. The maximum absolute atomic E-state index is 11.6. The lowest BCUT2D eigenvalue weighted by Crippen LogP contribution is -2.48. The molecule has 0 aliphatic heterocycles. The van der Waals surface area contributed by atoms with Gasteiger partial charge in [-0.15, -0.1) is 0 Å². The Hall–Kier alpha value is -0.570. The van der Waals surface area contributed by atoms with Crippen LogP contribution in [-0.2, 0) is 4.79 Å². The quantitative estimate of drug-likeness (QED) is 0.707. The molecule has 0 radical (unpaired) electrons. The number of nitrogens with two attached hydrogens (primary N) is 1. The molecule has 0 fully saturated rings. The van der Waals surface area contributed by atoms with E-state index >= 15 is 0 Å². The van der Waals surface area contributed by atoms with E-state index in [1.54, 1.807) is 0 Å². The standard InChI is InChI=1S/C11H24N2O/c1-6-8(4)10(12)11(14)13-9(5)7(2)3/h7-10H,6,12H2,1-5H3,(H,13,14). The molecule has 0 spiro atoms. The van der Waals surface area contributed by atoms with E-state index in [9.17, 15) is 4.79 Å². The van der Waals surface area contributed by atoms with E-state index in [0.29, 0.717) is 5.92 Å². The predicted octanol–water partition coefficient (Wildman–Crippen LogP) is 1.52. The molecular weight excluding hydrogens is 176 g/mol. The van der Waals surface area contributed by atoms with Crippen molar-refractivity contribution >= 4 is 5.91 Å². The number of hydrogen-bond acceptors (Lipinski definition) is 2. The van der Waals surface area contributed by atoms with Gasteiger partial charge in [0.2, 0.25) is 5.91 Å². The van der Waals surface area contributed by atoms with Crippen LogP contribution >= 0.6 is 0 Å². The Balaban J connectivity index is 4.07. The summed E-state index contributed by atoms with van der Waals surface area (Å²) < 4.78 is 0. The molecule has 3 atom stereocenters. The van der Waals surface area contributed by atoms with E-state index in [2.05, 4.69) is 19.2 Å². The summed E-state index contributed by atoms with van der Waals surface area (Å²) in [5, 5.41) is 2.93. The molecule has 0 aromatic heterocycles. The maximum Gasteiger partial charge on any atom is 0.237 e. The molecule has 0 aliphatic rings. The molecule has 84 valence electrons. The average Bonchev–Trinajstić information content (AvgIpc) is 2.14. The third-order valence-electron chi connectivity index (χ3n) is 2.93. The van der Waals surface area contributed by atoms with E-state index in [-0.39, 0.29) is 23.9 Å². The van der Waals surface area contributed by atoms with Gasteiger partial charge in [-0.2, -0.15) is 0 Å². The van der Waals surface area contributed by atoms with Crippen LogP contribution in [0.15, 0.2) is 0 Å². The molecule has 0 aromatic rings. The molecule has 1 amide bonds. The van der Waals surface area contributed by atoms with Crippen LogP contribution in [0.2, 0.25) is 0 Å². The van der Waals surface area contributed by atoms with Gasteiger partial charge in [0.25, 0.3) is 0 Å². The van der Waals surface area contributed by atoms with Gasteiger partial charge in [0.05, 0.1) is 6.04 Å². The minimum atomic E-state index is -0.374. The number of nitrogens with one attached hydrogen (secondary N) is 1. The molecule has 0 bridgehead atoms. The average molecular weight is 200 g/mol. The fraction of sp³-hybridized carbons (Fsp3) is 0.909. The lowest BCUT2D eigenvalue weighted by atomic mass is 9.98.